The summed E-state index contributed by atoms with van der Waals surface area (Å²) in [7, 11) is 2.06. The number of halogens is 4. The largest absolute Gasteiger partial charge is 0.416 e. The van der Waals surface area contributed by atoms with Crippen LogP contribution < -0.4 is 0 Å². The highest BCUT2D eigenvalue weighted by molar-refractivity contribution is 5.84. The van der Waals surface area contributed by atoms with Crippen LogP contribution in [0.15, 0.2) is 18.2 Å². The molecule has 132 valence electrons. The molecule has 0 spiro atoms. The minimum atomic E-state index is -4.58. The van der Waals surface area contributed by atoms with Gasteiger partial charge >= 0.3 is 6.18 Å². The summed E-state index contributed by atoms with van der Waals surface area (Å²) in [5.74, 6) is -1.16. The fraction of sp³-hybridized carbons (Fsp3) is 0.611. The summed E-state index contributed by atoms with van der Waals surface area (Å²) < 4.78 is 52.6. The second-order valence-electron chi connectivity index (χ2n) is 7.01. The van der Waals surface area contributed by atoms with Gasteiger partial charge in [-0.1, -0.05) is 6.42 Å². The predicted molar refractivity (Wildman–Crippen MR) is 82.0 cm³/mol. The maximum absolute atomic E-state index is 13.4. The molecule has 2 aliphatic heterocycles. The molecule has 2 nitrogen and oxygen atoms in total. The minimum absolute atomic E-state index is 0.198. The van der Waals surface area contributed by atoms with Gasteiger partial charge in [-0.25, -0.2) is 4.39 Å². The molecule has 2 heterocycles. The van der Waals surface area contributed by atoms with E-state index in [0.29, 0.717) is 24.9 Å². The van der Waals surface area contributed by atoms with E-state index in [4.69, 9.17) is 0 Å². The molecule has 2 bridgehead atoms. The van der Waals surface area contributed by atoms with Crippen LogP contribution in [-0.2, 0) is 17.4 Å². The highest BCUT2D eigenvalue weighted by atomic mass is 19.4. The lowest BCUT2D eigenvalue weighted by Crippen LogP contribution is -2.51. The third kappa shape index (κ3) is 3.48. The second kappa shape index (κ2) is 6.47. The quantitative estimate of drug-likeness (QED) is 0.766. The molecule has 3 rings (SSSR count). The van der Waals surface area contributed by atoms with Crippen LogP contribution in [0.1, 0.15) is 43.2 Å². The lowest BCUT2D eigenvalue weighted by Gasteiger charge is -2.46. The SMILES string of the molecule is CN1C2CCCC1CC(C(=O)Cc1cc(F)ccc1C(F)(F)F)C2. The number of alkyl halides is 3. The molecule has 0 amide bonds. The molecule has 0 aliphatic carbocycles. The van der Waals surface area contributed by atoms with Gasteiger partial charge < -0.3 is 4.90 Å². The van der Waals surface area contributed by atoms with Crippen molar-refractivity contribution >= 4 is 5.78 Å². The van der Waals surface area contributed by atoms with Crippen LogP contribution in [0.5, 0.6) is 0 Å². The first-order valence-electron chi connectivity index (χ1n) is 8.36. The number of carbonyl (C=O) groups excluding carboxylic acids is 1. The van der Waals surface area contributed by atoms with Crippen LogP contribution in [0.25, 0.3) is 0 Å². The summed E-state index contributed by atoms with van der Waals surface area (Å²) in [6.45, 7) is 0. The number of benzene rings is 1. The van der Waals surface area contributed by atoms with E-state index < -0.39 is 17.6 Å². The van der Waals surface area contributed by atoms with E-state index in [9.17, 15) is 22.4 Å². The molecule has 2 atom stereocenters. The van der Waals surface area contributed by atoms with Gasteiger partial charge in [0.15, 0.2) is 0 Å². The molecule has 0 aromatic heterocycles. The van der Waals surface area contributed by atoms with E-state index >= 15 is 0 Å². The van der Waals surface area contributed by atoms with Crippen molar-refractivity contribution in [2.45, 2.75) is 56.8 Å². The maximum atomic E-state index is 13.4. The Labute approximate surface area is 138 Å². The zero-order valence-electron chi connectivity index (χ0n) is 13.6. The fourth-order valence-electron chi connectivity index (χ4n) is 4.20. The molecule has 24 heavy (non-hydrogen) atoms. The molecule has 1 aromatic carbocycles. The van der Waals surface area contributed by atoms with Gasteiger partial charge in [0.1, 0.15) is 11.6 Å². The Morgan fingerprint density at radius 3 is 2.42 bits per heavy atom. The van der Waals surface area contributed by atoms with Crippen molar-refractivity contribution in [3.63, 3.8) is 0 Å². The Balaban J connectivity index is 1.77. The molecule has 0 N–H and O–H groups in total. The molecule has 6 heteroatoms. The van der Waals surface area contributed by atoms with Crippen molar-refractivity contribution in [2.75, 3.05) is 7.05 Å². The van der Waals surface area contributed by atoms with E-state index in [0.717, 1.165) is 37.5 Å². The molecule has 1 aromatic rings. The van der Waals surface area contributed by atoms with Crippen molar-refractivity contribution < 1.29 is 22.4 Å². The number of ketones is 1. The Morgan fingerprint density at radius 2 is 1.83 bits per heavy atom. The molecule has 2 unspecified atom stereocenters. The average molecular weight is 343 g/mol. The lowest BCUT2D eigenvalue weighted by atomic mass is 9.76. The zero-order chi connectivity index (χ0) is 17.5. The first-order valence-corrected chi connectivity index (χ1v) is 8.36. The van der Waals surface area contributed by atoms with Gasteiger partial charge in [0.25, 0.3) is 0 Å². The average Bonchev–Trinajstić information content (AvgIpc) is 2.45. The molecule has 0 radical (unpaired) electrons. The van der Waals surface area contributed by atoms with Crippen LogP contribution in [0.4, 0.5) is 17.6 Å². The minimum Gasteiger partial charge on any atom is -0.300 e. The number of piperidine rings is 2. The topological polar surface area (TPSA) is 20.3 Å². The van der Waals surface area contributed by atoms with E-state index in [1.54, 1.807) is 0 Å². The van der Waals surface area contributed by atoms with Crippen LogP contribution in [0.2, 0.25) is 0 Å². The summed E-state index contributed by atoms with van der Waals surface area (Å²) in [5.41, 5.74) is -1.16. The Morgan fingerprint density at radius 1 is 1.21 bits per heavy atom. The molecule has 0 saturated carbocycles. The standard InChI is InChI=1S/C18H21F4NO/c1-23-14-3-2-4-15(23)9-12(8-14)17(24)10-11-7-13(19)5-6-16(11)18(20,21)22/h5-7,12,14-15H,2-4,8-10H2,1H3. The van der Waals surface area contributed by atoms with Crippen molar-refractivity contribution in [2.24, 2.45) is 5.92 Å². The molecule has 2 fully saturated rings. The Hall–Kier alpha value is -1.43. The van der Waals surface area contributed by atoms with E-state index in [1.807, 2.05) is 0 Å². The Kier molecular flexibility index (Phi) is 4.69. The highest BCUT2D eigenvalue weighted by Crippen LogP contribution is 2.38. The summed E-state index contributed by atoms with van der Waals surface area (Å²) in [6.07, 6.45) is -0.324. The van der Waals surface area contributed by atoms with Gasteiger partial charge in [0.2, 0.25) is 0 Å². The van der Waals surface area contributed by atoms with Crippen LogP contribution in [-0.4, -0.2) is 29.8 Å². The molecular formula is C18H21F4NO. The lowest BCUT2D eigenvalue weighted by molar-refractivity contribution is -0.138. The first kappa shape index (κ1) is 17.4. The smallest absolute Gasteiger partial charge is 0.300 e. The number of carbonyl (C=O) groups is 1. The van der Waals surface area contributed by atoms with E-state index in [-0.39, 0.29) is 23.7 Å². The van der Waals surface area contributed by atoms with Crippen LogP contribution in [0, 0.1) is 11.7 Å². The highest BCUT2D eigenvalue weighted by Gasteiger charge is 2.39. The summed E-state index contributed by atoms with van der Waals surface area (Å²) >= 11 is 0. The fourth-order valence-corrected chi connectivity index (χ4v) is 4.20. The van der Waals surface area contributed by atoms with Gasteiger partial charge in [0.05, 0.1) is 5.56 Å². The van der Waals surface area contributed by atoms with Gasteiger partial charge in [0, 0.05) is 24.4 Å². The zero-order valence-corrected chi connectivity index (χ0v) is 13.6. The maximum Gasteiger partial charge on any atom is 0.416 e. The van der Waals surface area contributed by atoms with Gasteiger partial charge in [-0.2, -0.15) is 13.2 Å². The molecular weight excluding hydrogens is 322 g/mol. The van der Waals surface area contributed by atoms with Crippen molar-refractivity contribution in [1.29, 1.82) is 0 Å². The number of fused-ring (bicyclic) bond motifs is 2. The van der Waals surface area contributed by atoms with Crippen molar-refractivity contribution in [1.82, 2.24) is 4.90 Å². The van der Waals surface area contributed by atoms with Gasteiger partial charge in [-0.3, -0.25) is 4.79 Å². The number of hydrogen-bond acceptors (Lipinski definition) is 2. The summed E-state index contributed by atoms with van der Waals surface area (Å²) in [4.78, 5) is 14.9. The third-order valence-electron chi connectivity index (χ3n) is 5.53. The number of hydrogen-bond donors (Lipinski definition) is 0. The molecule has 2 saturated heterocycles. The van der Waals surface area contributed by atoms with Crippen LogP contribution >= 0.6 is 0 Å². The van der Waals surface area contributed by atoms with Gasteiger partial charge in [-0.15, -0.1) is 0 Å². The van der Waals surface area contributed by atoms with Crippen LogP contribution in [0.3, 0.4) is 0 Å². The van der Waals surface area contributed by atoms with Gasteiger partial charge in [-0.05, 0) is 56.5 Å². The monoisotopic (exact) mass is 343 g/mol. The predicted octanol–water partition coefficient (Wildman–Crippen LogP) is 4.22. The van der Waals surface area contributed by atoms with Crippen molar-refractivity contribution in [3.8, 4) is 0 Å². The second-order valence-corrected chi connectivity index (χ2v) is 7.01. The van der Waals surface area contributed by atoms with E-state index in [2.05, 4.69) is 11.9 Å². The van der Waals surface area contributed by atoms with E-state index in [1.165, 1.54) is 0 Å². The number of rotatable bonds is 3. The summed E-state index contributed by atoms with van der Waals surface area (Å²) in [5, 5.41) is 0. The van der Waals surface area contributed by atoms with Crippen molar-refractivity contribution in [3.05, 3.63) is 35.1 Å². The molecule has 2 aliphatic rings. The third-order valence-corrected chi connectivity index (χ3v) is 5.53. The number of Topliss-reactive ketones (excluding diaryl/α,β-unsaturated/α-hetero) is 1. The normalized spacial score (nSPS) is 28.0. The summed E-state index contributed by atoms with van der Waals surface area (Å²) in [6, 6.07) is 3.02. The number of nitrogens with zero attached hydrogens (tertiary/aromatic N) is 1. The first-order chi connectivity index (χ1) is 11.3. The Bertz CT molecular complexity index is 614.